The first-order chi connectivity index (χ1) is 10.8. The molecule has 7 nitrogen and oxygen atoms in total. The van der Waals surface area contributed by atoms with E-state index >= 15 is 0 Å². The van der Waals surface area contributed by atoms with Gasteiger partial charge >= 0.3 is 11.2 Å². The summed E-state index contributed by atoms with van der Waals surface area (Å²) in [6.45, 7) is -2.67. The molecule has 0 saturated carbocycles. The van der Waals surface area contributed by atoms with Gasteiger partial charge in [-0.3, -0.25) is 9.59 Å². The normalized spacial score (nSPS) is 11.9. The summed E-state index contributed by atoms with van der Waals surface area (Å²) in [7, 11) is -5.94. The Labute approximate surface area is 176 Å². The summed E-state index contributed by atoms with van der Waals surface area (Å²) in [5, 5.41) is -2.56. The molecule has 0 radical (unpaired) electrons. The molecule has 0 aliphatic carbocycles. The number of carbonyl (C=O) groups excluding carboxylic acids is 2. The number of ether oxygens (including phenoxy) is 1. The molecule has 0 atom stereocenters. The molecule has 0 aliphatic rings. The SMILES string of the molecule is O=C(CNC(=O)c1cc(I)cc(I)c1I)OCC(F)(F)S(=O)(=O)[O-]. The molecule has 1 aromatic carbocycles. The molecule has 134 valence electrons. The van der Waals surface area contributed by atoms with Crippen LogP contribution >= 0.6 is 67.8 Å². The molecule has 24 heavy (non-hydrogen) atoms. The maximum atomic E-state index is 12.8. The minimum Gasteiger partial charge on any atom is -0.743 e. The zero-order chi connectivity index (χ0) is 18.7. The van der Waals surface area contributed by atoms with Gasteiger partial charge in [0, 0.05) is 10.7 Å². The number of nitrogens with one attached hydrogen (secondary N) is 1. The highest BCUT2D eigenvalue weighted by Crippen LogP contribution is 2.23. The number of hydrogen-bond acceptors (Lipinski definition) is 6. The highest BCUT2D eigenvalue weighted by molar-refractivity contribution is 14.1. The second kappa shape index (κ2) is 8.67. The van der Waals surface area contributed by atoms with Gasteiger partial charge in [-0.15, -0.1) is 0 Å². The Morgan fingerprint density at radius 1 is 1.25 bits per heavy atom. The van der Waals surface area contributed by atoms with Crippen LogP contribution in [0.3, 0.4) is 0 Å². The van der Waals surface area contributed by atoms with Gasteiger partial charge in [-0.2, -0.15) is 8.78 Å². The van der Waals surface area contributed by atoms with Crippen molar-refractivity contribution in [2.75, 3.05) is 13.2 Å². The van der Waals surface area contributed by atoms with Crippen LogP contribution < -0.4 is 5.32 Å². The van der Waals surface area contributed by atoms with Crippen molar-refractivity contribution in [1.82, 2.24) is 5.32 Å². The Hall–Kier alpha value is 0.120. The average molecular weight is 700 g/mol. The highest BCUT2D eigenvalue weighted by atomic mass is 127. The van der Waals surface area contributed by atoms with Crippen molar-refractivity contribution < 1.29 is 36.1 Å². The van der Waals surface area contributed by atoms with E-state index in [0.29, 0.717) is 3.57 Å². The summed E-state index contributed by atoms with van der Waals surface area (Å²) in [6, 6.07) is 3.41. The highest BCUT2D eigenvalue weighted by Gasteiger charge is 2.39. The van der Waals surface area contributed by atoms with E-state index < -0.39 is 40.4 Å². The van der Waals surface area contributed by atoms with Gasteiger partial charge in [-0.25, -0.2) is 8.42 Å². The van der Waals surface area contributed by atoms with E-state index in [0.717, 1.165) is 7.14 Å². The largest absolute Gasteiger partial charge is 0.743 e. The molecule has 0 heterocycles. The fraction of sp³-hybridized carbons (Fsp3) is 0.273. The van der Waals surface area contributed by atoms with Crippen LogP contribution in [0.2, 0.25) is 0 Å². The fourth-order valence-electron chi connectivity index (χ4n) is 1.26. The molecule has 1 N–H and O–H groups in total. The molecule has 1 amide bonds. The zero-order valence-corrected chi connectivity index (χ0v) is 18.6. The van der Waals surface area contributed by atoms with Gasteiger partial charge in [-0.1, -0.05) is 0 Å². The van der Waals surface area contributed by atoms with Crippen LogP contribution in [0.25, 0.3) is 0 Å². The van der Waals surface area contributed by atoms with E-state index in [1.807, 2.05) is 73.8 Å². The molecule has 0 saturated heterocycles. The molecule has 0 aromatic heterocycles. The predicted molar refractivity (Wildman–Crippen MR) is 103 cm³/mol. The second-order valence-electron chi connectivity index (χ2n) is 4.18. The van der Waals surface area contributed by atoms with Crippen molar-refractivity contribution in [2.24, 2.45) is 0 Å². The van der Waals surface area contributed by atoms with Gasteiger partial charge in [0.1, 0.15) is 6.54 Å². The summed E-state index contributed by atoms with van der Waals surface area (Å²) >= 11 is 5.97. The summed E-state index contributed by atoms with van der Waals surface area (Å²) in [5.41, 5.74) is 0.284. The third kappa shape index (κ3) is 6.13. The third-order valence-corrected chi connectivity index (χ3v) is 6.92. The third-order valence-electron chi connectivity index (χ3n) is 2.40. The molecule has 0 unspecified atom stereocenters. The first-order valence-corrected chi connectivity index (χ1v) is 10.4. The average Bonchev–Trinajstić information content (AvgIpc) is 2.45. The Morgan fingerprint density at radius 2 is 1.83 bits per heavy atom. The van der Waals surface area contributed by atoms with Crippen molar-refractivity contribution in [3.05, 3.63) is 28.4 Å². The number of hydrogen-bond donors (Lipinski definition) is 1. The number of alkyl halides is 2. The molecule has 0 aliphatic heterocycles. The van der Waals surface area contributed by atoms with Gasteiger partial charge in [0.2, 0.25) is 0 Å². The van der Waals surface area contributed by atoms with Crippen LogP contribution in [0.5, 0.6) is 0 Å². The number of benzene rings is 1. The predicted octanol–water partition coefficient (Wildman–Crippen LogP) is 1.91. The molecule has 1 rings (SSSR count). The van der Waals surface area contributed by atoms with Crippen LogP contribution in [0.4, 0.5) is 8.78 Å². The summed E-state index contributed by atoms with van der Waals surface area (Å²) in [5.74, 6) is -1.93. The monoisotopic (exact) mass is 700 g/mol. The van der Waals surface area contributed by atoms with Crippen LogP contribution in [0.15, 0.2) is 12.1 Å². The van der Waals surface area contributed by atoms with Gasteiger partial charge in [0.25, 0.3) is 5.91 Å². The lowest BCUT2D eigenvalue weighted by atomic mass is 10.2. The number of amides is 1. The number of halogens is 5. The lowest BCUT2D eigenvalue weighted by Gasteiger charge is -2.19. The molecule has 0 fully saturated rings. The number of rotatable bonds is 6. The van der Waals surface area contributed by atoms with Crippen molar-refractivity contribution in [3.8, 4) is 0 Å². The lowest BCUT2D eigenvalue weighted by molar-refractivity contribution is -0.148. The van der Waals surface area contributed by atoms with E-state index in [1.54, 1.807) is 6.07 Å². The van der Waals surface area contributed by atoms with E-state index in [2.05, 4.69) is 10.1 Å². The summed E-state index contributed by atoms with van der Waals surface area (Å²) in [4.78, 5) is 23.3. The Kier molecular flexibility index (Phi) is 8.01. The van der Waals surface area contributed by atoms with Gasteiger partial charge in [-0.05, 0) is 79.9 Å². The van der Waals surface area contributed by atoms with E-state index in [4.69, 9.17) is 0 Å². The molecular weight excluding hydrogens is 693 g/mol. The summed E-state index contributed by atoms with van der Waals surface area (Å²) in [6.07, 6.45) is 0. The van der Waals surface area contributed by atoms with Crippen LogP contribution in [-0.2, 0) is 19.6 Å². The van der Waals surface area contributed by atoms with Gasteiger partial charge in [0.05, 0.1) is 5.56 Å². The zero-order valence-electron chi connectivity index (χ0n) is 11.3. The quantitative estimate of drug-likeness (QED) is 0.210. The lowest BCUT2D eigenvalue weighted by Crippen LogP contribution is -2.37. The smallest absolute Gasteiger partial charge is 0.367 e. The van der Waals surface area contributed by atoms with Crippen molar-refractivity contribution >= 4 is 89.8 Å². The van der Waals surface area contributed by atoms with Crippen molar-refractivity contribution in [1.29, 1.82) is 0 Å². The Morgan fingerprint density at radius 3 is 2.38 bits per heavy atom. The summed E-state index contributed by atoms with van der Waals surface area (Å²) < 4.78 is 62.7. The van der Waals surface area contributed by atoms with E-state index in [9.17, 15) is 31.3 Å². The molecule has 0 spiro atoms. The van der Waals surface area contributed by atoms with Gasteiger partial charge in [0.15, 0.2) is 16.7 Å². The minimum absolute atomic E-state index is 0.284. The minimum atomic E-state index is -5.94. The topological polar surface area (TPSA) is 113 Å². The standard InChI is InChI=1S/C11H8F2I3NO6S/c12-11(13,24(20,21)22)4-23-8(18)3-17-10(19)6-1-5(14)2-7(15)9(6)16/h1-2H,3-4H2,(H,17,19)(H,20,21,22)/p-1. The van der Waals surface area contributed by atoms with Crippen LogP contribution in [0.1, 0.15) is 10.4 Å². The van der Waals surface area contributed by atoms with Gasteiger partial charge < -0.3 is 14.6 Å². The van der Waals surface area contributed by atoms with Crippen molar-refractivity contribution in [2.45, 2.75) is 5.25 Å². The fourth-order valence-corrected chi connectivity index (χ4v) is 3.86. The van der Waals surface area contributed by atoms with E-state index in [1.165, 1.54) is 0 Å². The molecule has 13 heteroatoms. The van der Waals surface area contributed by atoms with Crippen molar-refractivity contribution in [3.63, 3.8) is 0 Å². The Balaban J connectivity index is 2.64. The first-order valence-electron chi connectivity index (χ1n) is 5.77. The van der Waals surface area contributed by atoms with Crippen LogP contribution in [0, 0.1) is 10.7 Å². The number of esters is 1. The Bertz CT molecular complexity index is 771. The second-order valence-corrected chi connectivity index (χ2v) is 9.18. The number of carbonyl (C=O) groups is 2. The molecule has 0 bridgehead atoms. The molecular formula is C11H7F2I3NO6S-. The molecule has 1 aromatic rings. The van der Waals surface area contributed by atoms with E-state index in [-0.39, 0.29) is 5.56 Å². The maximum Gasteiger partial charge on any atom is 0.367 e. The maximum absolute atomic E-state index is 12.8. The first kappa shape index (κ1) is 22.2. The van der Waals surface area contributed by atoms with Crippen LogP contribution in [-0.4, -0.2) is 43.3 Å².